The summed E-state index contributed by atoms with van der Waals surface area (Å²) in [5.74, 6) is -1.33. The first-order valence-electron chi connectivity index (χ1n) is 5.90. The number of anilines is 1. The molecular formula is C13H16N2O5. The lowest BCUT2D eigenvalue weighted by Crippen LogP contribution is -2.13. The minimum absolute atomic E-state index is 0.161. The number of carboxylic acid groups (broad SMARTS) is 1. The van der Waals surface area contributed by atoms with Gasteiger partial charge in [-0.25, -0.2) is 4.79 Å². The lowest BCUT2D eigenvalue weighted by atomic mass is 10.1. The molecule has 0 saturated carbocycles. The highest BCUT2D eigenvalue weighted by Crippen LogP contribution is 2.28. The number of ether oxygens (including phenoxy) is 1. The van der Waals surface area contributed by atoms with E-state index >= 15 is 0 Å². The van der Waals surface area contributed by atoms with Gasteiger partial charge in [0.1, 0.15) is 11.3 Å². The second kappa shape index (κ2) is 7.25. The highest BCUT2D eigenvalue weighted by Gasteiger charge is 2.23. The van der Waals surface area contributed by atoms with Crippen molar-refractivity contribution < 1.29 is 19.6 Å². The summed E-state index contributed by atoms with van der Waals surface area (Å²) in [6.07, 6.45) is 0. The first-order valence-corrected chi connectivity index (χ1v) is 5.90. The number of rotatable bonds is 8. The van der Waals surface area contributed by atoms with Crippen LogP contribution in [-0.4, -0.2) is 35.8 Å². The summed E-state index contributed by atoms with van der Waals surface area (Å²) in [5.41, 5.74) is 0.250. The van der Waals surface area contributed by atoms with Crippen LogP contribution in [0.4, 0.5) is 11.4 Å². The SMILES string of the molecule is C=C(C)COCCNc1cccc(C(=O)O)c1[N+](=O)[O-]. The highest BCUT2D eigenvalue weighted by molar-refractivity contribution is 5.95. The van der Waals surface area contributed by atoms with Gasteiger partial charge in [-0.2, -0.15) is 0 Å². The summed E-state index contributed by atoms with van der Waals surface area (Å²) in [6, 6.07) is 4.11. The Morgan fingerprint density at radius 3 is 2.80 bits per heavy atom. The van der Waals surface area contributed by atoms with Crippen LogP contribution in [0.2, 0.25) is 0 Å². The number of hydrogen-bond donors (Lipinski definition) is 2. The van der Waals surface area contributed by atoms with E-state index < -0.39 is 16.6 Å². The fourth-order valence-corrected chi connectivity index (χ4v) is 1.56. The zero-order valence-corrected chi connectivity index (χ0v) is 11.1. The average molecular weight is 280 g/mol. The van der Waals surface area contributed by atoms with Gasteiger partial charge in [0.25, 0.3) is 0 Å². The third kappa shape index (κ3) is 4.36. The molecule has 0 atom stereocenters. The van der Waals surface area contributed by atoms with Crippen LogP contribution in [0.15, 0.2) is 30.4 Å². The molecule has 0 bridgehead atoms. The monoisotopic (exact) mass is 280 g/mol. The molecular weight excluding hydrogens is 264 g/mol. The van der Waals surface area contributed by atoms with Crippen LogP contribution in [0.3, 0.4) is 0 Å². The fraction of sp³-hybridized carbons (Fsp3) is 0.308. The first kappa shape index (κ1) is 15.6. The first-order chi connectivity index (χ1) is 9.43. The maximum atomic E-state index is 11.0. The van der Waals surface area contributed by atoms with Crippen LogP contribution in [0, 0.1) is 10.1 Å². The van der Waals surface area contributed by atoms with Gasteiger partial charge in [-0.1, -0.05) is 18.2 Å². The molecule has 0 unspecified atom stereocenters. The van der Waals surface area contributed by atoms with Crippen molar-refractivity contribution in [2.24, 2.45) is 0 Å². The molecule has 0 aliphatic heterocycles. The van der Waals surface area contributed by atoms with E-state index in [1.807, 2.05) is 6.92 Å². The quantitative estimate of drug-likeness (QED) is 0.328. The molecule has 1 aromatic carbocycles. The van der Waals surface area contributed by atoms with Gasteiger partial charge in [-0.3, -0.25) is 10.1 Å². The van der Waals surface area contributed by atoms with Crippen molar-refractivity contribution in [2.45, 2.75) is 6.92 Å². The number of nitrogens with one attached hydrogen (secondary N) is 1. The van der Waals surface area contributed by atoms with Crippen molar-refractivity contribution in [3.8, 4) is 0 Å². The molecule has 0 aliphatic carbocycles. The van der Waals surface area contributed by atoms with E-state index in [2.05, 4.69) is 11.9 Å². The average Bonchev–Trinajstić information content (AvgIpc) is 2.37. The minimum atomic E-state index is -1.33. The molecule has 0 spiro atoms. The van der Waals surface area contributed by atoms with Crippen LogP contribution in [0.5, 0.6) is 0 Å². The Labute approximate surface area is 116 Å². The van der Waals surface area contributed by atoms with Crippen molar-refractivity contribution in [2.75, 3.05) is 25.1 Å². The normalized spacial score (nSPS) is 10.1. The molecule has 1 rings (SSSR count). The van der Waals surface area contributed by atoms with Gasteiger partial charge in [0, 0.05) is 6.54 Å². The summed E-state index contributed by atoms with van der Waals surface area (Å²) in [5, 5.41) is 22.7. The van der Waals surface area contributed by atoms with Gasteiger partial charge in [0.2, 0.25) is 0 Å². The van der Waals surface area contributed by atoms with Gasteiger partial charge in [-0.05, 0) is 19.1 Å². The van der Waals surface area contributed by atoms with E-state index in [1.165, 1.54) is 18.2 Å². The molecule has 7 nitrogen and oxygen atoms in total. The number of nitrogens with zero attached hydrogens (tertiary/aromatic N) is 1. The number of hydrogen-bond acceptors (Lipinski definition) is 5. The summed E-state index contributed by atoms with van der Waals surface area (Å²) in [4.78, 5) is 21.2. The van der Waals surface area contributed by atoms with E-state index in [9.17, 15) is 14.9 Å². The zero-order chi connectivity index (χ0) is 15.1. The van der Waals surface area contributed by atoms with Gasteiger partial charge in [0.15, 0.2) is 0 Å². The van der Waals surface area contributed by atoms with E-state index in [0.29, 0.717) is 19.8 Å². The van der Waals surface area contributed by atoms with Crippen LogP contribution in [-0.2, 0) is 4.74 Å². The molecule has 0 heterocycles. The Kier molecular flexibility index (Phi) is 5.67. The van der Waals surface area contributed by atoms with E-state index in [-0.39, 0.29) is 11.3 Å². The minimum Gasteiger partial charge on any atom is -0.477 e. The molecule has 108 valence electrons. The topological polar surface area (TPSA) is 102 Å². The number of carboxylic acids is 1. The molecule has 0 aromatic heterocycles. The standard InChI is InChI=1S/C13H16N2O5/c1-9(2)8-20-7-6-14-11-5-3-4-10(13(16)17)12(11)15(18)19/h3-5,14H,1,6-8H2,2H3,(H,16,17). The molecule has 2 N–H and O–H groups in total. The summed E-state index contributed by atoms with van der Waals surface area (Å²) in [6.45, 7) is 6.59. The Hall–Kier alpha value is -2.41. The van der Waals surface area contributed by atoms with Crippen molar-refractivity contribution >= 4 is 17.3 Å². The third-order valence-electron chi connectivity index (χ3n) is 2.36. The van der Waals surface area contributed by atoms with Gasteiger partial charge in [0.05, 0.1) is 18.1 Å². The highest BCUT2D eigenvalue weighted by atomic mass is 16.6. The zero-order valence-electron chi connectivity index (χ0n) is 11.1. The van der Waals surface area contributed by atoms with Crippen LogP contribution in [0.25, 0.3) is 0 Å². The molecule has 20 heavy (non-hydrogen) atoms. The van der Waals surface area contributed by atoms with Gasteiger partial charge in [-0.15, -0.1) is 0 Å². The van der Waals surface area contributed by atoms with E-state index in [1.54, 1.807) is 0 Å². The van der Waals surface area contributed by atoms with E-state index in [0.717, 1.165) is 5.57 Å². The van der Waals surface area contributed by atoms with Crippen LogP contribution >= 0.6 is 0 Å². The predicted molar refractivity (Wildman–Crippen MR) is 74.2 cm³/mol. The van der Waals surface area contributed by atoms with Crippen molar-refractivity contribution in [1.82, 2.24) is 0 Å². The molecule has 0 saturated heterocycles. The number of nitro groups is 1. The van der Waals surface area contributed by atoms with Gasteiger partial charge >= 0.3 is 11.7 Å². The van der Waals surface area contributed by atoms with E-state index in [4.69, 9.17) is 9.84 Å². The Bertz CT molecular complexity index is 527. The third-order valence-corrected chi connectivity index (χ3v) is 2.36. The smallest absolute Gasteiger partial charge is 0.342 e. The Morgan fingerprint density at radius 1 is 1.55 bits per heavy atom. The van der Waals surface area contributed by atoms with Crippen LogP contribution < -0.4 is 5.32 Å². The Morgan fingerprint density at radius 2 is 2.25 bits per heavy atom. The molecule has 0 aliphatic rings. The Balaban J connectivity index is 2.74. The maximum absolute atomic E-state index is 11.0. The number of para-hydroxylation sites is 1. The second-order valence-electron chi connectivity index (χ2n) is 4.20. The summed E-state index contributed by atoms with van der Waals surface area (Å²) < 4.78 is 5.25. The largest absolute Gasteiger partial charge is 0.477 e. The number of nitro benzene ring substituents is 1. The molecule has 0 radical (unpaired) electrons. The van der Waals surface area contributed by atoms with Crippen molar-refractivity contribution in [1.29, 1.82) is 0 Å². The summed E-state index contributed by atoms with van der Waals surface area (Å²) in [7, 11) is 0. The number of carbonyl (C=O) groups is 1. The van der Waals surface area contributed by atoms with Crippen LogP contribution in [0.1, 0.15) is 17.3 Å². The second-order valence-corrected chi connectivity index (χ2v) is 4.20. The number of benzene rings is 1. The van der Waals surface area contributed by atoms with Crippen molar-refractivity contribution in [3.05, 3.63) is 46.0 Å². The molecule has 7 heteroatoms. The maximum Gasteiger partial charge on any atom is 0.342 e. The molecule has 0 fully saturated rings. The lowest BCUT2D eigenvalue weighted by Gasteiger charge is -2.09. The molecule has 1 aromatic rings. The molecule has 0 amide bonds. The number of aromatic carboxylic acids is 1. The van der Waals surface area contributed by atoms with Gasteiger partial charge < -0.3 is 15.2 Å². The predicted octanol–water partition coefficient (Wildman–Crippen LogP) is 2.30. The van der Waals surface area contributed by atoms with Crippen molar-refractivity contribution in [3.63, 3.8) is 0 Å². The lowest BCUT2D eigenvalue weighted by molar-refractivity contribution is -0.384. The fourth-order valence-electron chi connectivity index (χ4n) is 1.56. The summed E-state index contributed by atoms with van der Waals surface area (Å²) >= 11 is 0.